The van der Waals surface area contributed by atoms with Crippen LogP contribution in [0.15, 0.2) is 0 Å². The number of aliphatic hydroxyl groups excluding tert-OH is 1. The minimum absolute atomic E-state index is 0.293. The molecule has 16 heavy (non-hydrogen) atoms. The van der Waals surface area contributed by atoms with Crippen LogP contribution in [-0.4, -0.2) is 48.8 Å². The first-order valence-electron chi connectivity index (χ1n) is 6.82. The Labute approximate surface area is 100 Å². The smallest absolute Gasteiger partial charge is 0.0468 e. The SMILES string of the molecule is CCCN1CCCC(NCC(C)CO)CC1. The summed E-state index contributed by atoms with van der Waals surface area (Å²) in [5.74, 6) is 0.384. The Kier molecular flexibility index (Phi) is 7.01. The van der Waals surface area contributed by atoms with E-state index in [4.69, 9.17) is 5.11 Å². The third-order valence-corrected chi connectivity index (χ3v) is 3.43. The molecule has 0 aliphatic carbocycles. The zero-order chi connectivity index (χ0) is 11.8. The highest BCUT2D eigenvalue weighted by Crippen LogP contribution is 2.11. The van der Waals surface area contributed by atoms with Gasteiger partial charge in [-0.2, -0.15) is 0 Å². The number of aliphatic hydroxyl groups is 1. The Morgan fingerprint density at radius 1 is 1.38 bits per heavy atom. The second-order valence-corrected chi connectivity index (χ2v) is 5.17. The largest absolute Gasteiger partial charge is 0.396 e. The van der Waals surface area contributed by atoms with Gasteiger partial charge < -0.3 is 15.3 Å². The summed E-state index contributed by atoms with van der Waals surface area (Å²) >= 11 is 0. The van der Waals surface area contributed by atoms with Gasteiger partial charge in [-0.1, -0.05) is 13.8 Å². The van der Waals surface area contributed by atoms with E-state index in [1.165, 1.54) is 45.3 Å². The topological polar surface area (TPSA) is 35.5 Å². The first-order chi connectivity index (χ1) is 7.76. The van der Waals surface area contributed by atoms with Gasteiger partial charge in [-0.15, -0.1) is 0 Å². The fourth-order valence-corrected chi connectivity index (χ4v) is 2.33. The van der Waals surface area contributed by atoms with Gasteiger partial charge in [0.1, 0.15) is 0 Å². The average molecular weight is 228 g/mol. The normalized spacial score (nSPS) is 25.3. The zero-order valence-electron chi connectivity index (χ0n) is 10.9. The number of hydrogen-bond donors (Lipinski definition) is 2. The van der Waals surface area contributed by atoms with Crippen LogP contribution in [0.5, 0.6) is 0 Å². The lowest BCUT2D eigenvalue weighted by Gasteiger charge is -2.20. The Hall–Kier alpha value is -0.120. The number of nitrogens with one attached hydrogen (secondary N) is 1. The fraction of sp³-hybridized carbons (Fsp3) is 1.00. The van der Waals surface area contributed by atoms with Crippen LogP contribution in [0.25, 0.3) is 0 Å². The molecule has 0 amide bonds. The summed E-state index contributed by atoms with van der Waals surface area (Å²) in [5, 5.41) is 12.6. The molecule has 1 aliphatic heterocycles. The van der Waals surface area contributed by atoms with Crippen molar-refractivity contribution in [1.82, 2.24) is 10.2 Å². The van der Waals surface area contributed by atoms with Crippen LogP contribution >= 0.6 is 0 Å². The van der Waals surface area contributed by atoms with Crippen molar-refractivity contribution in [1.29, 1.82) is 0 Å². The lowest BCUT2D eigenvalue weighted by molar-refractivity contribution is 0.227. The summed E-state index contributed by atoms with van der Waals surface area (Å²) in [6, 6.07) is 0.663. The molecular formula is C13H28N2O. The molecule has 0 aromatic heterocycles. The first kappa shape index (κ1) is 13.9. The summed E-state index contributed by atoms with van der Waals surface area (Å²) in [6.45, 7) is 9.34. The quantitative estimate of drug-likeness (QED) is 0.722. The molecule has 0 bridgehead atoms. The van der Waals surface area contributed by atoms with Gasteiger partial charge in [-0.3, -0.25) is 0 Å². The van der Waals surface area contributed by atoms with E-state index in [9.17, 15) is 0 Å². The third kappa shape index (κ3) is 5.28. The number of hydrogen-bond acceptors (Lipinski definition) is 3. The maximum Gasteiger partial charge on any atom is 0.0468 e. The molecule has 1 aliphatic rings. The van der Waals surface area contributed by atoms with Gasteiger partial charge in [0, 0.05) is 19.2 Å². The van der Waals surface area contributed by atoms with Crippen molar-refractivity contribution >= 4 is 0 Å². The van der Waals surface area contributed by atoms with E-state index in [1.807, 2.05) is 0 Å². The molecule has 0 spiro atoms. The highest BCUT2D eigenvalue weighted by atomic mass is 16.3. The molecule has 96 valence electrons. The molecule has 0 aromatic carbocycles. The van der Waals surface area contributed by atoms with E-state index in [0.717, 1.165) is 6.54 Å². The van der Waals surface area contributed by atoms with Crippen LogP contribution in [0.1, 0.15) is 39.5 Å². The molecule has 0 radical (unpaired) electrons. The molecule has 2 N–H and O–H groups in total. The van der Waals surface area contributed by atoms with Gasteiger partial charge in [0.2, 0.25) is 0 Å². The van der Waals surface area contributed by atoms with Crippen molar-refractivity contribution in [3.8, 4) is 0 Å². The number of nitrogens with zero attached hydrogens (tertiary/aromatic N) is 1. The van der Waals surface area contributed by atoms with E-state index in [-0.39, 0.29) is 0 Å². The maximum atomic E-state index is 8.98. The van der Waals surface area contributed by atoms with Gasteiger partial charge in [-0.25, -0.2) is 0 Å². The molecule has 1 fully saturated rings. The fourth-order valence-electron chi connectivity index (χ4n) is 2.33. The van der Waals surface area contributed by atoms with Crippen molar-refractivity contribution in [3.63, 3.8) is 0 Å². The number of rotatable bonds is 6. The standard InChI is InChI=1S/C13H28N2O/c1-3-7-15-8-4-5-13(6-9-15)14-10-12(2)11-16/h12-14,16H,3-11H2,1-2H3. The lowest BCUT2D eigenvalue weighted by Crippen LogP contribution is -2.34. The maximum absolute atomic E-state index is 8.98. The van der Waals surface area contributed by atoms with Crippen molar-refractivity contribution in [3.05, 3.63) is 0 Å². The molecule has 1 heterocycles. The van der Waals surface area contributed by atoms with E-state index in [1.54, 1.807) is 0 Å². The molecule has 1 saturated heterocycles. The Balaban J connectivity index is 2.19. The minimum atomic E-state index is 0.293. The summed E-state index contributed by atoms with van der Waals surface area (Å²) in [7, 11) is 0. The van der Waals surface area contributed by atoms with E-state index >= 15 is 0 Å². The van der Waals surface area contributed by atoms with Crippen LogP contribution in [0.3, 0.4) is 0 Å². The summed E-state index contributed by atoms with van der Waals surface area (Å²) in [6.07, 6.45) is 5.13. The minimum Gasteiger partial charge on any atom is -0.396 e. The predicted octanol–water partition coefficient (Wildman–Crippen LogP) is 1.47. The van der Waals surface area contributed by atoms with Gasteiger partial charge >= 0.3 is 0 Å². The van der Waals surface area contributed by atoms with Crippen LogP contribution in [-0.2, 0) is 0 Å². The molecule has 0 saturated carbocycles. The van der Waals surface area contributed by atoms with Crippen LogP contribution in [0.4, 0.5) is 0 Å². The van der Waals surface area contributed by atoms with Crippen LogP contribution in [0, 0.1) is 5.92 Å². The van der Waals surface area contributed by atoms with Crippen molar-refractivity contribution in [2.45, 2.75) is 45.6 Å². The molecule has 2 unspecified atom stereocenters. The highest BCUT2D eigenvalue weighted by molar-refractivity contribution is 4.75. The monoisotopic (exact) mass is 228 g/mol. The van der Waals surface area contributed by atoms with Crippen molar-refractivity contribution < 1.29 is 5.11 Å². The highest BCUT2D eigenvalue weighted by Gasteiger charge is 2.16. The van der Waals surface area contributed by atoms with E-state index in [0.29, 0.717) is 18.6 Å². The van der Waals surface area contributed by atoms with Gasteiger partial charge in [0.15, 0.2) is 0 Å². The van der Waals surface area contributed by atoms with Crippen LogP contribution < -0.4 is 5.32 Å². The zero-order valence-corrected chi connectivity index (χ0v) is 10.9. The third-order valence-electron chi connectivity index (χ3n) is 3.43. The first-order valence-corrected chi connectivity index (χ1v) is 6.82. The van der Waals surface area contributed by atoms with Crippen molar-refractivity contribution in [2.75, 3.05) is 32.8 Å². The van der Waals surface area contributed by atoms with Gasteiger partial charge in [0.25, 0.3) is 0 Å². The Morgan fingerprint density at radius 3 is 2.88 bits per heavy atom. The second-order valence-electron chi connectivity index (χ2n) is 5.17. The predicted molar refractivity (Wildman–Crippen MR) is 68.6 cm³/mol. The lowest BCUT2D eigenvalue weighted by atomic mass is 10.1. The van der Waals surface area contributed by atoms with Gasteiger partial charge in [-0.05, 0) is 51.2 Å². The summed E-state index contributed by atoms with van der Waals surface area (Å²) < 4.78 is 0. The molecule has 2 atom stereocenters. The molecule has 3 heteroatoms. The summed E-state index contributed by atoms with van der Waals surface area (Å²) in [4.78, 5) is 2.58. The molecule has 0 aromatic rings. The molecule has 3 nitrogen and oxygen atoms in total. The van der Waals surface area contributed by atoms with E-state index < -0.39 is 0 Å². The Morgan fingerprint density at radius 2 is 2.19 bits per heavy atom. The van der Waals surface area contributed by atoms with E-state index in [2.05, 4.69) is 24.1 Å². The molecular weight excluding hydrogens is 200 g/mol. The molecule has 1 rings (SSSR count). The number of likely N-dealkylation sites (tertiary alicyclic amines) is 1. The Bertz CT molecular complexity index is 175. The van der Waals surface area contributed by atoms with Gasteiger partial charge in [0.05, 0.1) is 0 Å². The summed E-state index contributed by atoms with van der Waals surface area (Å²) in [5.41, 5.74) is 0. The van der Waals surface area contributed by atoms with Crippen molar-refractivity contribution in [2.24, 2.45) is 5.92 Å². The van der Waals surface area contributed by atoms with Crippen LogP contribution in [0.2, 0.25) is 0 Å². The second kappa shape index (κ2) is 8.04. The average Bonchev–Trinajstić information content (AvgIpc) is 2.52.